The molecule has 4 nitrogen and oxygen atoms in total. The molecule has 0 aliphatic heterocycles. The summed E-state index contributed by atoms with van der Waals surface area (Å²) in [4.78, 5) is 22.8. The van der Waals surface area contributed by atoms with Gasteiger partial charge in [0.1, 0.15) is 0 Å². The van der Waals surface area contributed by atoms with Gasteiger partial charge in [-0.25, -0.2) is 4.79 Å². The first-order valence-corrected chi connectivity index (χ1v) is 5.93. The summed E-state index contributed by atoms with van der Waals surface area (Å²) < 4.78 is 9.41. The largest absolute Gasteiger partial charge is 0.469 e. The van der Waals surface area contributed by atoms with Gasteiger partial charge in [-0.1, -0.05) is 12.1 Å². The van der Waals surface area contributed by atoms with Gasteiger partial charge in [0.2, 0.25) is 0 Å². The van der Waals surface area contributed by atoms with Crippen LogP contribution in [0.4, 0.5) is 0 Å². The molecule has 1 aliphatic carbocycles. The predicted molar refractivity (Wildman–Crippen MR) is 65.3 cm³/mol. The van der Waals surface area contributed by atoms with Crippen LogP contribution in [0.25, 0.3) is 0 Å². The van der Waals surface area contributed by atoms with E-state index < -0.39 is 0 Å². The molecule has 2 atom stereocenters. The summed E-state index contributed by atoms with van der Waals surface area (Å²) in [5, 5.41) is 0. The maximum Gasteiger partial charge on any atom is 0.337 e. The molecule has 0 heterocycles. The highest BCUT2D eigenvalue weighted by Crippen LogP contribution is 2.43. The van der Waals surface area contributed by atoms with Crippen LogP contribution >= 0.6 is 0 Å². The third kappa shape index (κ3) is 2.23. The van der Waals surface area contributed by atoms with Crippen molar-refractivity contribution >= 4 is 11.9 Å². The van der Waals surface area contributed by atoms with E-state index in [0.717, 1.165) is 18.4 Å². The number of benzene rings is 1. The second-order valence-electron chi connectivity index (χ2n) is 4.43. The quantitative estimate of drug-likeness (QED) is 0.769. The highest BCUT2D eigenvalue weighted by Gasteiger charge is 2.38. The molecule has 1 aromatic carbocycles. The van der Waals surface area contributed by atoms with Crippen LogP contribution in [0.15, 0.2) is 24.3 Å². The van der Waals surface area contributed by atoms with E-state index in [4.69, 9.17) is 4.74 Å². The maximum absolute atomic E-state index is 11.5. The van der Waals surface area contributed by atoms with Crippen molar-refractivity contribution in [1.29, 1.82) is 0 Å². The SMILES string of the molecule is COC(=O)c1ccc(C2CCC2C(=O)OC)cc1. The Morgan fingerprint density at radius 3 is 2.17 bits per heavy atom. The second-order valence-corrected chi connectivity index (χ2v) is 4.43. The standard InChI is InChI=1S/C14H16O4/c1-17-13(15)10-5-3-9(4-6-10)11-7-8-12(11)14(16)18-2/h3-6,11-12H,7-8H2,1-2H3. The normalized spacial score (nSPS) is 21.9. The maximum atomic E-state index is 11.5. The van der Waals surface area contributed by atoms with E-state index in [9.17, 15) is 9.59 Å². The molecule has 18 heavy (non-hydrogen) atoms. The first-order valence-electron chi connectivity index (χ1n) is 5.93. The predicted octanol–water partition coefficient (Wildman–Crippen LogP) is 2.14. The number of ether oxygens (including phenoxy) is 2. The van der Waals surface area contributed by atoms with Crippen LogP contribution in [0, 0.1) is 5.92 Å². The number of carbonyl (C=O) groups excluding carboxylic acids is 2. The molecule has 4 heteroatoms. The topological polar surface area (TPSA) is 52.6 Å². The molecule has 2 unspecified atom stereocenters. The van der Waals surface area contributed by atoms with Crippen LogP contribution in [-0.4, -0.2) is 26.2 Å². The van der Waals surface area contributed by atoms with Gasteiger partial charge in [-0.05, 0) is 36.5 Å². The number of hydrogen-bond acceptors (Lipinski definition) is 4. The van der Waals surface area contributed by atoms with Crippen LogP contribution in [0.5, 0.6) is 0 Å². The summed E-state index contributed by atoms with van der Waals surface area (Å²) in [6, 6.07) is 7.22. The number of hydrogen-bond donors (Lipinski definition) is 0. The van der Waals surface area contributed by atoms with Gasteiger partial charge in [-0.15, -0.1) is 0 Å². The second kappa shape index (κ2) is 5.21. The molecule has 1 aliphatic rings. The molecule has 1 aromatic rings. The zero-order valence-corrected chi connectivity index (χ0v) is 10.5. The molecular weight excluding hydrogens is 232 g/mol. The molecule has 0 bridgehead atoms. The molecule has 0 radical (unpaired) electrons. The lowest BCUT2D eigenvalue weighted by atomic mass is 9.70. The zero-order valence-electron chi connectivity index (χ0n) is 10.5. The van der Waals surface area contributed by atoms with Crippen LogP contribution in [0.3, 0.4) is 0 Å². The Morgan fingerprint density at radius 1 is 1.06 bits per heavy atom. The van der Waals surface area contributed by atoms with Gasteiger partial charge in [-0.3, -0.25) is 4.79 Å². The molecular formula is C14H16O4. The van der Waals surface area contributed by atoms with Gasteiger partial charge in [0.25, 0.3) is 0 Å². The number of esters is 2. The van der Waals surface area contributed by atoms with E-state index >= 15 is 0 Å². The highest BCUT2D eigenvalue weighted by molar-refractivity contribution is 5.89. The fourth-order valence-corrected chi connectivity index (χ4v) is 2.32. The smallest absolute Gasteiger partial charge is 0.337 e. The lowest BCUT2D eigenvalue weighted by molar-refractivity contribution is -0.149. The van der Waals surface area contributed by atoms with Crippen molar-refractivity contribution in [3.05, 3.63) is 35.4 Å². The van der Waals surface area contributed by atoms with Crippen molar-refractivity contribution < 1.29 is 19.1 Å². The summed E-state index contributed by atoms with van der Waals surface area (Å²) >= 11 is 0. The van der Waals surface area contributed by atoms with Gasteiger partial charge < -0.3 is 9.47 Å². The minimum absolute atomic E-state index is 0.0426. The van der Waals surface area contributed by atoms with E-state index in [1.807, 2.05) is 12.1 Å². The number of carbonyl (C=O) groups is 2. The summed E-state index contributed by atoms with van der Waals surface area (Å²) in [5.41, 5.74) is 1.60. The molecule has 1 fully saturated rings. The summed E-state index contributed by atoms with van der Waals surface area (Å²) in [6.45, 7) is 0. The van der Waals surface area contributed by atoms with Crippen LogP contribution in [0.2, 0.25) is 0 Å². The molecule has 0 amide bonds. The average molecular weight is 248 g/mol. The Morgan fingerprint density at radius 2 is 1.72 bits per heavy atom. The average Bonchev–Trinajstić information content (AvgIpc) is 2.37. The summed E-state index contributed by atoms with van der Waals surface area (Å²) in [6.07, 6.45) is 1.85. The fourth-order valence-electron chi connectivity index (χ4n) is 2.32. The molecule has 2 rings (SSSR count). The lowest BCUT2D eigenvalue weighted by Crippen LogP contribution is -2.32. The van der Waals surface area contributed by atoms with Gasteiger partial charge in [-0.2, -0.15) is 0 Å². The van der Waals surface area contributed by atoms with E-state index in [1.165, 1.54) is 14.2 Å². The van der Waals surface area contributed by atoms with Crippen molar-refractivity contribution in [1.82, 2.24) is 0 Å². The van der Waals surface area contributed by atoms with E-state index in [1.54, 1.807) is 12.1 Å². The summed E-state index contributed by atoms with van der Waals surface area (Å²) in [7, 11) is 2.77. The van der Waals surface area contributed by atoms with Crippen LogP contribution in [0.1, 0.15) is 34.7 Å². The third-order valence-corrected chi connectivity index (χ3v) is 3.54. The van der Waals surface area contributed by atoms with E-state index in [0.29, 0.717) is 5.56 Å². The first kappa shape index (κ1) is 12.6. The van der Waals surface area contributed by atoms with Crippen molar-refractivity contribution in [2.24, 2.45) is 5.92 Å². The lowest BCUT2D eigenvalue weighted by Gasteiger charge is -2.34. The Labute approximate surface area is 106 Å². The van der Waals surface area contributed by atoms with Gasteiger partial charge in [0.15, 0.2) is 0 Å². The van der Waals surface area contributed by atoms with Crippen molar-refractivity contribution in [3.63, 3.8) is 0 Å². The number of rotatable bonds is 3. The van der Waals surface area contributed by atoms with Crippen molar-refractivity contribution in [2.45, 2.75) is 18.8 Å². The first-order chi connectivity index (χ1) is 8.67. The molecule has 0 spiro atoms. The molecule has 96 valence electrons. The fraction of sp³-hybridized carbons (Fsp3) is 0.429. The van der Waals surface area contributed by atoms with Crippen molar-refractivity contribution in [2.75, 3.05) is 14.2 Å². The van der Waals surface area contributed by atoms with Crippen LogP contribution < -0.4 is 0 Å². The van der Waals surface area contributed by atoms with Gasteiger partial charge in [0.05, 0.1) is 25.7 Å². The molecule has 0 aromatic heterocycles. The third-order valence-electron chi connectivity index (χ3n) is 3.54. The zero-order chi connectivity index (χ0) is 13.1. The Kier molecular flexibility index (Phi) is 3.65. The van der Waals surface area contributed by atoms with Crippen molar-refractivity contribution in [3.8, 4) is 0 Å². The minimum Gasteiger partial charge on any atom is -0.469 e. The molecule has 0 N–H and O–H groups in total. The summed E-state index contributed by atoms with van der Waals surface area (Å²) in [5.74, 6) is -0.328. The monoisotopic (exact) mass is 248 g/mol. The van der Waals surface area contributed by atoms with Gasteiger partial charge in [0, 0.05) is 0 Å². The Balaban J connectivity index is 2.11. The van der Waals surface area contributed by atoms with Crippen LogP contribution in [-0.2, 0) is 14.3 Å². The molecule has 0 saturated heterocycles. The Bertz CT molecular complexity index is 449. The van der Waals surface area contributed by atoms with E-state index in [-0.39, 0.29) is 23.8 Å². The van der Waals surface area contributed by atoms with Gasteiger partial charge >= 0.3 is 11.9 Å². The molecule has 1 saturated carbocycles. The highest BCUT2D eigenvalue weighted by atomic mass is 16.5. The Hall–Kier alpha value is -1.84. The minimum atomic E-state index is -0.348. The number of methoxy groups -OCH3 is 2. The van der Waals surface area contributed by atoms with E-state index in [2.05, 4.69) is 4.74 Å².